The highest BCUT2D eigenvalue weighted by molar-refractivity contribution is 4.91. The number of nitrogens with zero attached hydrogens (tertiary/aromatic N) is 5. The number of likely N-dealkylation sites (tertiary alicyclic amines) is 1. The SMILES string of the molecule is CC(C)NCc1cn(CCN(C)CC2CCN(C)C2)nn1. The van der Waals surface area contributed by atoms with Gasteiger partial charge in [-0.3, -0.25) is 4.68 Å². The van der Waals surface area contributed by atoms with Gasteiger partial charge >= 0.3 is 0 Å². The van der Waals surface area contributed by atoms with Crippen LogP contribution in [0.1, 0.15) is 26.0 Å². The number of hydrogen-bond acceptors (Lipinski definition) is 5. The van der Waals surface area contributed by atoms with Gasteiger partial charge in [0.15, 0.2) is 0 Å². The normalized spacial score (nSPS) is 20.0. The van der Waals surface area contributed by atoms with Gasteiger partial charge < -0.3 is 15.1 Å². The molecule has 1 saturated heterocycles. The Kier molecular flexibility index (Phi) is 6.14. The van der Waals surface area contributed by atoms with E-state index in [-0.39, 0.29) is 0 Å². The minimum Gasteiger partial charge on any atom is -0.309 e. The Labute approximate surface area is 128 Å². The number of likely N-dealkylation sites (N-methyl/N-ethyl adjacent to an activating group) is 1. The van der Waals surface area contributed by atoms with Crippen molar-refractivity contribution >= 4 is 0 Å². The van der Waals surface area contributed by atoms with Crippen LogP contribution in [-0.2, 0) is 13.1 Å². The Morgan fingerprint density at radius 3 is 2.95 bits per heavy atom. The quantitative estimate of drug-likeness (QED) is 0.763. The maximum atomic E-state index is 4.20. The summed E-state index contributed by atoms with van der Waals surface area (Å²) < 4.78 is 1.95. The molecule has 0 aromatic carbocycles. The molecule has 0 saturated carbocycles. The van der Waals surface area contributed by atoms with Gasteiger partial charge in [-0.05, 0) is 33.0 Å². The zero-order chi connectivity index (χ0) is 15.2. The molecule has 21 heavy (non-hydrogen) atoms. The van der Waals surface area contributed by atoms with Crippen LogP contribution in [0.5, 0.6) is 0 Å². The van der Waals surface area contributed by atoms with Crippen LogP contribution in [-0.4, -0.2) is 71.1 Å². The Hall–Kier alpha value is -0.980. The van der Waals surface area contributed by atoms with Gasteiger partial charge in [-0.25, -0.2) is 0 Å². The lowest BCUT2D eigenvalue weighted by Crippen LogP contribution is -2.30. The molecule has 2 rings (SSSR count). The summed E-state index contributed by atoms with van der Waals surface area (Å²) in [6.07, 6.45) is 3.38. The summed E-state index contributed by atoms with van der Waals surface area (Å²) in [5, 5.41) is 11.8. The lowest BCUT2D eigenvalue weighted by molar-refractivity contribution is 0.260. The highest BCUT2D eigenvalue weighted by Crippen LogP contribution is 2.14. The lowest BCUT2D eigenvalue weighted by atomic mass is 10.1. The van der Waals surface area contributed by atoms with Gasteiger partial charge in [0.25, 0.3) is 0 Å². The second-order valence-electron chi connectivity index (χ2n) is 6.69. The van der Waals surface area contributed by atoms with Gasteiger partial charge in [-0.2, -0.15) is 0 Å². The fourth-order valence-electron chi connectivity index (χ4n) is 2.82. The third-order valence-corrected chi connectivity index (χ3v) is 4.05. The van der Waals surface area contributed by atoms with E-state index in [1.165, 1.54) is 26.1 Å². The second-order valence-corrected chi connectivity index (χ2v) is 6.69. The van der Waals surface area contributed by atoms with Crippen molar-refractivity contribution in [3.05, 3.63) is 11.9 Å². The highest BCUT2D eigenvalue weighted by atomic mass is 15.4. The minimum absolute atomic E-state index is 0.478. The first-order valence-corrected chi connectivity index (χ1v) is 8.02. The van der Waals surface area contributed by atoms with E-state index in [2.05, 4.69) is 53.4 Å². The molecule has 0 radical (unpaired) electrons. The van der Waals surface area contributed by atoms with Crippen LogP contribution in [0, 0.1) is 5.92 Å². The summed E-state index contributed by atoms with van der Waals surface area (Å²) >= 11 is 0. The van der Waals surface area contributed by atoms with Crippen molar-refractivity contribution in [1.82, 2.24) is 30.1 Å². The molecule has 1 aromatic rings. The van der Waals surface area contributed by atoms with Crippen LogP contribution < -0.4 is 5.32 Å². The summed E-state index contributed by atoms with van der Waals surface area (Å²) in [7, 11) is 4.42. The van der Waals surface area contributed by atoms with Gasteiger partial charge in [0.05, 0.1) is 12.2 Å². The maximum absolute atomic E-state index is 4.20. The predicted octanol–water partition coefficient (Wildman–Crippen LogP) is 0.660. The highest BCUT2D eigenvalue weighted by Gasteiger charge is 2.20. The van der Waals surface area contributed by atoms with E-state index in [1.54, 1.807) is 0 Å². The number of aromatic nitrogens is 3. The van der Waals surface area contributed by atoms with Gasteiger partial charge in [-0.1, -0.05) is 19.1 Å². The predicted molar refractivity (Wildman–Crippen MR) is 85.1 cm³/mol. The molecule has 1 unspecified atom stereocenters. The summed E-state index contributed by atoms with van der Waals surface area (Å²) in [6, 6.07) is 0.478. The van der Waals surface area contributed by atoms with E-state index in [0.717, 1.165) is 31.2 Å². The first-order valence-electron chi connectivity index (χ1n) is 8.02. The number of nitrogens with one attached hydrogen (secondary N) is 1. The zero-order valence-corrected chi connectivity index (χ0v) is 13.9. The third-order valence-electron chi connectivity index (χ3n) is 4.05. The topological polar surface area (TPSA) is 49.2 Å². The van der Waals surface area contributed by atoms with E-state index < -0.39 is 0 Å². The Morgan fingerprint density at radius 1 is 1.48 bits per heavy atom. The Balaban J connectivity index is 1.67. The molecular formula is C15H30N6. The van der Waals surface area contributed by atoms with E-state index in [4.69, 9.17) is 0 Å². The van der Waals surface area contributed by atoms with E-state index >= 15 is 0 Å². The third kappa shape index (κ3) is 5.73. The molecule has 6 nitrogen and oxygen atoms in total. The minimum atomic E-state index is 0.478. The molecule has 0 amide bonds. The Morgan fingerprint density at radius 2 is 2.29 bits per heavy atom. The molecule has 6 heteroatoms. The fraction of sp³-hybridized carbons (Fsp3) is 0.867. The first-order chi connectivity index (χ1) is 10.0. The van der Waals surface area contributed by atoms with Crippen LogP contribution >= 0.6 is 0 Å². The molecule has 0 spiro atoms. The average molecular weight is 294 g/mol. The molecule has 1 aliphatic heterocycles. The van der Waals surface area contributed by atoms with Crippen LogP contribution in [0.15, 0.2) is 6.20 Å². The van der Waals surface area contributed by atoms with Gasteiger partial charge in [0, 0.05) is 38.4 Å². The van der Waals surface area contributed by atoms with Crippen molar-refractivity contribution in [2.45, 2.75) is 39.4 Å². The molecule has 0 aliphatic carbocycles. The molecule has 1 N–H and O–H groups in total. The van der Waals surface area contributed by atoms with Crippen molar-refractivity contribution in [1.29, 1.82) is 0 Å². The van der Waals surface area contributed by atoms with Gasteiger partial charge in [0.1, 0.15) is 0 Å². The first kappa shape index (κ1) is 16.4. The van der Waals surface area contributed by atoms with Crippen LogP contribution in [0.2, 0.25) is 0 Å². The van der Waals surface area contributed by atoms with Gasteiger partial charge in [0.2, 0.25) is 0 Å². The van der Waals surface area contributed by atoms with Crippen molar-refractivity contribution in [2.24, 2.45) is 5.92 Å². The van der Waals surface area contributed by atoms with Gasteiger partial charge in [-0.15, -0.1) is 5.10 Å². The zero-order valence-electron chi connectivity index (χ0n) is 13.9. The molecule has 1 fully saturated rings. The monoisotopic (exact) mass is 294 g/mol. The Bertz CT molecular complexity index is 416. The average Bonchev–Trinajstić information content (AvgIpc) is 3.03. The summed E-state index contributed by atoms with van der Waals surface area (Å²) in [5.41, 5.74) is 1.02. The van der Waals surface area contributed by atoms with Crippen LogP contribution in [0.3, 0.4) is 0 Å². The molecule has 2 heterocycles. The lowest BCUT2D eigenvalue weighted by Gasteiger charge is -2.20. The van der Waals surface area contributed by atoms with Crippen LogP contribution in [0.4, 0.5) is 0 Å². The number of rotatable bonds is 8. The van der Waals surface area contributed by atoms with E-state index in [1.807, 2.05) is 10.9 Å². The maximum Gasteiger partial charge on any atom is 0.0964 e. The molecule has 1 aliphatic rings. The fourth-order valence-corrected chi connectivity index (χ4v) is 2.82. The molecular weight excluding hydrogens is 264 g/mol. The van der Waals surface area contributed by atoms with Crippen molar-refractivity contribution in [3.63, 3.8) is 0 Å². The molecule has 0 bridgehead atoms. The molecule has 120 valence electrons. The van der Waals surface area contributed by atoms with Crippen molar-refractivity contribution < 1.29 is 0 Å². The summed E-state index contributed by atoms with van der Waals surface area (Å²) in [5.74, 6) is 0.821. The van der Waals surface area contributed by atoms with Crippen molar-refractivity contribution in [3.8, 4) is 0 Å². The summed E-state index contributed by atoms with van der Waals surface area (Å²) in [4.78, 5) is 4.83. The van der Waals surface area contributed by atoms with E-state index in [9.17, 15) is 0 Å². The summed E-state index contributed by atoms with van der Waals surface area (Å²) in [6.45, 7) is 10.7. The van der Waals surface area contributed by atoms with Crippen LogP contribution in [0.25, 0.3) is 0 Å². The van der Waals surface area contributed by atoms with E-state index in [0.29, 0.717) is 6.04 Å². The largest absolute Gasteiger partial charge is 0.309 e. The second kappa shape index (κ2) is 7.87. The molecule has 1 aromatic heterocycles. The smallest absolute Gasteiger partial charge is 0.0964 e. The standard InChI is InChI=1S/C15H30N6/c1-13(2)16-9-15-12-21(18-17-15)8-7-20(4)11-14-5-6-19(3)10-14/h12-14,16H,5-11H2,1-4H3. The number of hydrogen-bond donors (Lipinski definition) is 1. The van der Waals surface area contributed by atoms with Crippen molar-refractivity contribution in [2.75, 3.05) is 40.3 Å². The molecule has 1 atom stereocenters.